The monoisotopic (exact) mass is 230 g/mol. The molecule has 0 radical (unpaired) electrons. The lowest BCUT2D eigenvalue weighted by molar-refractivity contribution is 0.0622. The van der Waals surface area contributed by atoms with Crippen LogP contribution >= 0.6 is 0 Å². The van der Waals surface area contributed by atoms with Crippen LogP contribution in [0.15, 0.2) is 24.3 Å². The first-order valence-electron chi connectivity index (χ1n) is 6.14. The quantitative estimate of drug-likeness (QED) is 0.868. The van der Waals surface area contributed by atoms with E-state index in [0.717, 1.165) is 31.7 Å². The van der Waals surface area contributed by atoms with Gasteiger partial charge in [-0.1, -0.05) is 6.07 Å². The van der Waals surface area contributed by atoms with Gasteiger partial charge in [0.1, 0.15) is 0 Å². The average Bonchev–Trinajstić information content (AvgIpc) is 2.40. The molecule has 0 aliphatic carbocycles. The summed E-state index contributed by atoms with van der Waals surface area (Å²) in [5.41, 5.74) is 1.73. The van der Waals surface area contributed by atoms with Crippen LogP contribution < -0.4 is 5.32 Å². The maximum atomic E-state index is 8.85. The zero-order valence-electron chi connectivity index (χ0n) is 10.1. The lowest BCUT2D eigenvalue weighted by Crippen LogP contribution is -2.30. The average molecular weight is 230 g/mol. The fourth-order valence-electron chi connectivity index (χ4n) is 2.28. The minimum absolute atomic E-state index is 0.424. The molecule has 1 aromatic rings. The Morgan fingerprint density at radius 2 is 2.18 bits per heavy atom. The normalized spacial score (nSPS) is 18.4. The van der Waals surface area contributed by atoms with Gasteiger partial charge in [-0.3, -0.25) is 0 Å². The molecule has 1 heterocycles. The zero-order valence-corrected chi connectivity index (χ0v) is 10.1. The van der Waals surface area contributed by atoms with Crippen molar-refractivity contribution in [2.45, 2.75) is 25.8 Å². The minimum Gasteiger partial charge on any atom is -0.382 e. The van der Waals surface area contributed by atoms with Crippen LogP contribution in [-0.4, -0.2) is 19.3 Å². The number of benzene rings is 1. The molecule has 3 heteroatoms. The number of nitrogens with zero attached hydrogens (tertiary/aromatic N) is 1. The van der Waals surface area contributed by atoms with E-state index in [4.69, 9.17) is 10.00 Å². The van der Waals surface area contributed by atoms with Crippen LogP contribution in [0.1, 0.15) is 25.3 Å². The van der Waals surface area contributed by atoms with E-state index >= 15 is 0 Å². The third-order valence-electron chi connectivity index (χ3n) is 3.36. The topological polar surface area (TPSA) is 45.0 Å². The smallest absolute Gasteiger partial charge is 0.0992 e. The number of hydrogen-bond acceptors (Lipinski definition) is 3. The van der Waals surface area contributed by atoms with Gasteiger partial charge in [-0.25, -0.2) is 0 Å². The molecule has 1 saturated heterocycles. The van der Waals surface area contributed by atoms with Gasteiger partial charge in [0.05, 0.1) is 11.6 Å². The molecule has 17 heavy (non-hydrogen) atoms. The predicted octanol–water partition coefficient (Wildman–Crippen LogP) is 2.79. The summed E-state index contributed by atoms with van der Waals surface area (Å²) in [5.74, 6) is 0.662. The Labute approximate surface area is 102 Å². The standard InChI is InChI=1S/C14H18N2O/c1-11(13-5-7-17-8-6-13)16-14-4-2-3-12(9-14)10-15/h2-4,9,11,13,16H,5-8H2,1H3. The summed E-state index contributed by atoms with van der Waals surface area (Å²) in [6.07, 6.45) is 2.23. The maximum absolute atomic E-state index is 8.85. The van der Waals surface area contributed by atoms with Crippen LogP contribution in [-0.2, 0) is 4.74 Å². The Kier molecular flexibility index (Phi) is 4.00. The number of anilines is 1. The summed E-state index contributed by atoms with van der Waals surface area (Å²) in [5, 5.41) is 12.3. The number of rotatable bonds is 3. The molecule has 0 aromatic heterocycles. The van der Waals surface area contributed by atoms with Gasteiger partial charge < -0.3 is 10.1 Å². The first-order valence-corrected chi connectivity index (χ1v) is 6.14. The van der Waals surface area contributed by atoms with E-state index in [1.807, 2.05) is 24.3 Å². The summed E-state index contributed by atoms with van der Waals surface area (Å²) in [4.78, 5) is 0. The van der Waals surface area contributed by atoms with Gasteiger partial charge >= 0.3 is 0 Å². The molecule has 1 N–H and O–H groups in total. The van der Waals surface area contributed by atoms with E-state index in [1.165, 1.54) is 0 Å². The molecule has 0 saturated carbocycles. The molecular formula is C14H18N2O. The SMILES string of the molecule is CC(Nc1cccc(C#N)c1)C1CCOCC1. The zero-order chi connectivity index (χ0) is 12.1. The van der Waals surface area contributed by atoms with Crippen LogP contribution in [0, 0.1) is 17.2 Å². The van der Waals surface area contributed by atoms with E-state index in [0.29, 0.717) is 17.5 Å². The third-order valence-corrected chi connectivity index (χ3v) is 3.36. The van der Waals surface area contributed by atoms with Crippen molar-refractivity contribution in [1.29, 1.82) is 5.26 Å². The fraction of sp³-hybridized carbons (Fsp3) is 0.500. The van der Waals surface area contributed by atoms with Crippen LogP contribution in [0.4, 0.5) is 5.69 Å². The minimum atomic E-state index is 0.424. The Morgan fingerprint density at radius 3 is 2.88 bits per heavy atom. The van der Waals surface area contributed by atoms with Gasteiger partial charge in [-0.05, 0) is 43.9 Å². The molecule has 1 aromatic carbocycles. The van der Waals surface area contributed by atoms with Crippen molar-refractivity contribution >= 4 is 5.69 Å². The fourth-order valence-corrected chi connectivity index (χ4v) is 2.28. The van der Waals surface area contributed by atoms with Gasteiger partial charge in [0.25, 0.3) is 0 Å². The summed E-state index contributed by atoms with van der Waals surface area (Å²) in [6.45, 7) is 3.94. The van der Waals surface area contributed by atoms with Gasteiger partial charge in [0, 0.05) is 24.9 Å². The second kappa shape index (κ2) is 5.70. The van der Waals surface area contributed by atoms with E-state index < -0.39 is 0 Å². The molecule has 1 aliphatic rings. The highest BCUT2D eigenvalue weighted by molar-refractivity contribution is 5.49. The molecule has 1 atom stereocenters. The van der Waals surface area contributed by atoms with Gasteiger partial charge in [0.15, 0.2) is 0 Å². The number of nitriles is 1. The van der Waals surface area contributed by atoms with E-state index in [9.17, 15) is 0 Å². The van der Waals surface area contributed by atoms with E-state index in [2.05, 4.69) is 18.3 Å². The number of ether oxygens (including phenoxy) is 1. The molecule has 1 fully saturated rings. The summed E-state index contributed by atoms with van der Waals surface area (Å²) >= 11 is 0. The summed E-state index contributed by atoms with van der Waals surface area (Å²) in [6, 6.07) is 10.2. The first kappa shape index (κ1) is 11.9. The Hall–Kier alpha value is -1.53. The number of nitrogens with one attached hydrogen (secondary N) is 1. The number of hydrogen-bond donors (Lipinski definition) is 1. The molecule has 3 nitrogen and oxygen atoms in total. The van der Waals surface area contributed by atoms with Crippen molar-refractivity contribution in [2.24, 2.45) is 5.92 Å². The molecule has 0 bridgehead atoms. The lowest BCUT2D eigenvalue weighted by Gasteiger charge is -2.29. The van der Waals surface area contributed by atoms with Crippen molar-refractivity contribution in [3.05, 3.63) is 29.8 Å². The summed E-state index contributed by atoms with van der Waals surface area (Å²) in [7, 11) is 0. The van der Waals surface area contributed by atoms with Crippen molar-refractivity contribution in [1.82, 2.24) is 0 Å². The van der Waals surface area contributed by atoms with Crippen LogP contribution in [0.2, 0.25) is 0 Å². The van der Waals surface area contributed by atoms with Crippen molar-refractivity contribution in [2.75, 3.05) is 18.5 Å². The second-order valence-electron chi connectivity index (χ2n) is 4.58. The highest BCUT2D eigenvalue weighted by atomic mass is 16.5. The van der Waals surface area contributed by atoms with Crippen LogP contribution in [0.3, 0.4) is 0 Å². The second-order valence-corrected chi connectivity index (χ2v) is 4.58. The van der Waals surface area contributed by atoms with E-state index in [-0.39, 0.29) is 0 Å². The molecule has 1 aliphatic heterocycles. The lowest BCUT2D eigenvalue weighted by atomic mass is 9.93. The van der Waals surface area contributed by atoms with Gasteiger partial charge in [-0.2, -0.15) is 5.26 Å². The Bertz CT molecular complexity index is 405. The van der Waals surface area contributed by atoms with Crippen LogP contribution in [0.5, 0.6) is 0 Å². The molecule has 0 amide bonds. The third kappa shape index (κ3) is 3.21. The maximum Gasteiger partial charge on any atom is 0.0992 e. The molecular weight excluding hydrogens is 212 g/mol. The molecule has 90 valence electrons. The molecule has 0 spiro atoms. The first-order chi connectivity index (χ1) is 8.29. The largest absolute Gasteiger partial charge is 0.382 e. The Morgan fingerprint density at radius 1 is 1.41 bits per heavy atom. The molecule has 2 rings (SSSR count). The highest BCUT2D eigenvalue weighted by Gasteiger charge is 2.20. The molecule has 1 unspecified atom stereocenters. The Balaban J connectivity index is 1.97. The van der Waals surface area contributed by atoms with Crippen molar-refractivity contribution in [3.63, 3.8) is 0 Å². The van der Waals surface area contributed by atoms with Crippen molar-refractivity contribution < 1.29 is 4.74 Å². The van der Waals surface area contributed by atoms with Crippen molar-refractivity contribution in [3.8, 4) is 6.07 Å². The highest BCUT2D eigenvalue weighted by Crippen LogP contribution is 2.22. The van der Waals surface area contributed by atoms with E-state index in [1.54, 1.807) is 0 Å². The van der Waals surface area contributed by atoms with Gasteiger partial charge in [-0.15, -0.1) is 0 Å². The van der Waals surface area contributed by atoms with Crippen LogP contribution in [0.25, 0.3) is 0 Å². The predicted molar refractivity (Wildman–Crippen MR) is 67.8 cm³/mol. The summed E-state index contributed by atoms with van der Waals surface area (Å²) < 4.78 is 5.37. The van der Waals surface area contributed by atoms with Gasteiger partial charge in [0.2, 0.25) is 0 Å².